The molecule has 0 amide bonds. The molecule has 0 aliphatic carbocycles. The molecule has 0 saturated heterocycles. The Labute approximate surface area is 108 Å². The Morgan fingerprint density at radius 3 is 2.56 bits per heavy atom. The molecule has 18 heavy (non-hydrogen) atoms. The van der Waals surface area contributed by atoms with E-state index in [1.165, 1.54) is 0 Å². The van der Waals surface area contributed by atoms with Crippen molar-refractivity contribution in [3.63, 3.8) is 0 Å². The van der Waals surface area contributed by atoms with Crippen LogP contribution in [0.25, 0.3) is 0 Å². The van der Waals surface area contributed by atoms with Gasteiger partial charge < -0.3 is 20.0 Å². The van der Waals surface area contributed by atoms with Gasteiger partial charge in [0, 0.05) is 13.0 Å². The van der Waals surface area contributed by atoms with Crippen molar-refractivity contribution in [2.45, 2.75) is 33.0 Å². The molecule has 0 aliphatic heterocycles. The topological polar surface area (TPSA) is 61.5 Å². The molecule has 0 bridgehead atoms. The minimum Gasteiger partial charge on any atom is -0.465 e. The van der Waals surface area contributed by atoms with E-state index >= 15 is 0 Å². The fourth-order valence-electron chi connectivity index (χ4n) is 1.51. The average molecular weight is 251 g/mol. The van der Waals surface area contributed by atoms with Gasteiger partial charge in [-0.2, -0.15) is 0 Å². The van der Waals surface area contributed by atoms with E-state index in [1.54, 1.807) is 6.92 Å². The van der Waals surface area contributed by atoms with Gasteiger partial charge in [0.15, 0.2) is 6.29 Å². The van der Waals surface area contributed by atoms with E-state index in [4.69, 9.17) is 15.2 Å². The van der Waals surface area contributed by atoms with E-state index in [0.717, 1.165) is 17.7 Å². The lowest BCUT2D eigenvalue weighted by Gasteiger charge is -2.15. The molecule has 2 N–H and O–H groups in total. The highest BCUT2D eigenvalue weighted by molar-refractivity contribution is 5.75. The summed E-state index contributed by atoms with van der Waals surface area (Å²) in [6.45, 7) is 4.41. The Kier molecular flexibility index (Phi) is 6.39. The third kappa shape index (κ3) is 5.80. The first-order valence-corrected chi connectivity index (χ1v) is 6.18. The highest BCUT2D eigenvalue weighted by Gasteiger charge is 2.03. The van der Waals surface area contributed by atoms with Gasteiger partial charge in [-0.3, -0.25) is 0 Å². The molecule has 1 rings (SSSR count). The molecule has 4 nitrogen and oxygen atoms in total. The average Bonchev–Trinajstić information content (AvgIpc) is 2.35. The van der Waals surface area contributed by atoms with E-state index in [1.807, 2.05) is 31.2 Å². The van der Waals surface area contributed by atoms with Crippen molar-refractivity contribution in [2.75, 3.05) is 13.2 Å². The van der Waals surface area contributed by atoms with Crippen LogP contribution in [0.4, 0.5) is 0 Å². The largest absolute Gasteiger partial charge is 0.465 e. The molecule has 1 aromatic rings. The monoisotopic (exact) mass is 251 g/mol. The van der Waals surface area contributed by atoms with Gasteiger partial charge in [-0.05, 0) is 38.0 Å². The summed E-state index contributed by atoms with van der Waals surface area (Å²) in [4.78, 5) is 10.9. The van der Waals surface area contributed by atoms with E-state index < -0.39 is 0 Å². The van der Waals surface area contributed by atoms with Crippen LogP contribution in [0.15, 0.2) is 24.3 Å². The fourth-order valence-corrected chi connectivity index (χ4v) is 1.51. The second kappa shape index (κ2) is 7.84. The minimum atomic E-state index is -0.309. The third-order valence-electron chi connectivity index (χ3n) is 2.46. The molecule has 100 valence electrons. The second-order valence-corrected chi connectivity index (χ2v) is 4.19. The summed E-state index contributed by atoms with van der Waals surface area (Å²) in [5.41, 5.74) is 6.47. The Morgan fingerprint density at radius 2 is 2.00 bits per heavy atom. The first-order chi connectivity index (χ1) is 8.61. The Hall–Kier alpha value is -1.39. The maximum Gasteiger partial charge on any atom is 0.197 e. The highest BCUT2D eigenvalue weighted by atomic mass is 16.7. The molecule has 4 heteroatoms. The van der Waals surface area contributed by atoms with Crippen LogP contribution in [0.2, 0.25) is 0 Å². The first-order valence-electron chi connectivity index (χ1n) is 6.18. The minimum absolute atomic E-state index is 0.208. The zero-order chi connectivity index (χ0) is 13.4. The molecule has 1 unspecified atom stereocenters. The van der Waals surface area contributed by atoms with Crippen molar-refractivity contribution >= 4 is 5.78 Å². The van der Waals surface area contributed by atoms with Crippen LogP contribution in [0, 0.1) is 0 Å². The van der Waals surface area contributed by atoms with Crippen LogP contribution in [0.1, 0.15) is 25.8 Å². The summed E-state index contributed by atoms with van der Waals surface area (Å²) in [6.07, 6.45) is 1.04. The van der Waals surface area contributed by atoms with Gasteiger partial charge in [0.1, 0.15) is 11.5 Å². The SMILES string of the molecule is CC(=O)CCc1ccc(OC(C)OCCN)cc1. The van der Waals surface area contributed by atoms with Crippen molar-refractivity contribution in [2.24, 2.45) is 5.73 Å². The van der Waals surface area contributed by atoms with Gasteiger partial charge in [-0.1, -0.05) is 12.1 Å². The number of ketones is 1. The van der Waals surface area contributed by atoms with Crippen molar-refractivity contribution in [1.82, 2.24) is 0 Å². The van der Waals surface area contributed by atoms with E-state index in [-0.39, 0.29) is 12.1 Å². The zero-order valence-electron chi connectivity index (χ0n) is 11.0. The fraction of sp³-hybridized carbons (Fsp3) is 0.500. The van der Waals surface area contributed by atoms with Crippen molar-refractivity contribution in [3.05, 3.63) is 29.8 Å². The van der Waals surface area contributed by atoms with Crippen molar-refractivity contribution in [1.29, 1.82) is 0 Å². The maximum atomic E-state index is 10.9. The zero-order valence-corrected chi connectivity index (χ0v) is 11.0. The molecule has 0 spiro atoms. The van der Waals surface area contributed by atoms with Gasteiger partial charge in [-0.15, -0.1) is 0 Å². The van der Waals surface area contributed by atoms with Crippen molar-refractivity contribution in [3.8, 4) is 5.75 Å². The van der Waals surface area contributed by atoms with Gasteiger partial charge in [-0.25, -0.2) is 0 Å². The van der Waals surface area contributed by atoms with Gasteiger partial charge >= 0.3 is 0 Å². The molecule has 1 aromatic carbocycles. The standard InChI is InChI=1S/C14H21NO3/c1-11(16)3-4-13-5-7-14(8-6-13)18-12(2)17-10-9-15/h5-8,12H,3-4,9-10,15H2,1-2H3. The number of aryl methyl sites for hydroxylation is 1. The van der Waals surface area contributed by atoms with Crippen LogP contribution in [-0.2, 0) is 16.0 Å². The van der Waals surface area contributed by atoms with Gasteiger partial charge in [0.05, 0.1) is 6.61 Å². The number of hydrogen-bond donors (Lipinski definition) is 1. The molecule has 0 saturated carbocycles. The number of carbonyl (C=O) groups excluding carboxylic acids is 1. The van der Waals surface area contributed by atoms with Crippen LogP contribution in [-0.4, -0.2) is 25.2 Å². The summed E-state index contributed by atoms with van der Waals surface area (Å²) in [5, 5.41) is 0. The molecule has 0 aromatic heterocycles. The van der Waals surface area contributed by atoms with Crippen LogP contribution >= 0.6 is 0 Å². The lowest BCUT2D eigenvalue weighted by molar-refractivity contribution is -0.116. The van der Waals surface area contributed by atoms with Crippen molar-refractivity contribution < 1.29 is 14.3 Å². The summed E-state index contributed by atoms with van der Waals surface area (Å²) >= 11 is 0. The number of carbonyl (C=O) groups is 1. The number of hydrogen-bond acceptors (Lipinski definition) is 4. The maximum absolute atomic E-state index is 10.9. The molecule has 1 atom stereocenters. The summed E-state index contributed by atoms with van der Waals surface area (Å²) in [7, 11) is 0. The normalized spacial score (nSPS) is 12.2. The number of benzene rings is 1. The number of rotatable bonds is 8. The second-order valence-electron chi connectivity index (χ2n) is 4.19. The predicted molar refractivity (Wildman–Crippen MR) is 70.5 cm³/mol. The number of ether oxygens (including phenoxy) is 2. The van der Waals surface area contributed by atoms with E-state index in [9.17, 15) is 4.79 Å². The quantitative estimate of drug-likeness (QED) is 0.717. The van der Waals surface area contributed by atoms with Gasteiger partial charge in [0.25, 0.3) is 0 Å². The van der Waals surface area contributed by atoms with Gasteiger partial charge in [0.2, 0.25) is 0 Å². The Balaban J connectivity index is 2.42. The molecule has 0 fully saturated rings. The first kappa shape index (κ1) is 14.7. The predicted octanol–water partition coefficient (Wildman–Crippen LogP) is 1.91. The molecule has 0 radical (unpaired) electrons. The van der Waals surface area contributed by atoms with E-state index in [2.05, 4.69) is 0 Å². The number of Topliss-reactive ketones (excluding diaryl/α,β-unsaturated/α-hetero) is 1. The molecular weight excluding hydrogens is 230 g/mol. The van der Waals surface area contributed by atoms with E-state index in [0.29, 0.717) is 19.6 Å². The number of nitrogens with two attached hydrogens (primary N) is 1. The van der Waals surface area contributed by atoms with Crippen LogP contribution in [0.3, 0.4) is 0 Å². The van der Waals surface area contributed by atoms with Crippen LogP contribution < -0.4 is 10.5 Å². The third-order valence-corrected chi connectivity index (χ3v) is 2.46. The summed E-state index contributed by atoms with van der Waals surface area (Å²) in [5.74, 6) is 0.963. The lowest BCUT2D eigenvalue weighted by Crippen LogP contribution is -2.20. The summed E-state index contributed by atoms with van der Waals surface area (Å²) < 4.78 is 10.9. The Bertz CT molecular complexity index is 362. The smallest absolute Gasteiger partial charge is 0.197 e. The van der Waals surface area contributed by atoms with Crippen LogP contribution in [0.5, 0.6) is 5.75 Å². The molecule has 0 heterocycles. The summed E-state index contributed by atoms with van der Waals surface area (Å²) in [6, 6.07) is 7.71. The Morgan fingerprint density at radius 1 is 1.33 bits per heavy atom. The molecule has 0 aliphatic rings. The highest BCUT2D eigenvalue weighted by Crippen LogP contribution is 2.15. The lowest BCUT2D eigenvalue weighted by atomic mass is 10.1. The molecular formula is C14H21NO3.